The van der Waals surface area contributed by atoms with Gasteiger partial charge in [-0.15, -0.1) is 0 Å². The number of esters is 1. The molecule has 1 aliphatic rings. The molecule has 1 heterocycles. The second-order valence-electron chi connectivity index (χ2n) is 5.92. The fourth-order valence-corrected chi connectivity index (χ4v) is 2.70. The van der Waals surface area contributed by atoms with Gasteiger partial charge in [0.15, 0.2) is 6.10 Å². The van der Waals surface area contributed by atoms with Crippen LogP contribution in [0, 0.1) is 0 Å². The molecule has 0 aromatic carbocycles. The first-order valence-corrected chi connectivity index (χ1v) is 8.21. The number of ether oxygens (including phenoxy) is 1. The highest BCUT2D eigenvalue weighted by Gasteiger charge is 2.35. The lowest BCUT2D eigenvalue weighted by Gasteiger charge is -2.29. The Morgan fingerprint density at radius 2 is 1.55 bits per heavy atom. The predicted octanol–water partition coefficient (Wildman–Crippen LogP) is 2.94. The van der Waals surface area contributed by atoms with Crippen LogP contribution in [0.5, 0.6) is 0 Å². The molecule has 4 heteroatoms. The van der Waals surface area contributed by atoms with Crippen LogP contribution in [0.1, 0.15) is 77.6 Å². The van der Waals surface area contributed by atoms with Gasteiger partial charge in [0.05, 0.1) is 6.10 Å². The number of aliphatic hydroxyl groups is 2. The van der Waals surface area contributed by atoms with Crippen LogP contribution in [0.2, 0.25) is 0 Å². The van der Waals surface area contributed by atoms with Crippen LogP contribution in [-0.2, 0) is 9.53 Å². The second-order valence-corrected chi connectivity index (χ2v) is 5.92. The summed E-state index contributed by atoms with van der Waals surface area (Å²) in [4.78, 5) is 11.2. The molecule has 1 saturated heterocycles. The first-order valence-electron chi connectivity index (χ1n) is 8.21. The van der Waals surface area contributed by atoms with Crippen LogP contribution in [0.3, 0.4) is 0 Å². The maximum Gasteiger partial charge on any atom is 0.337 e. The van der Waals surface area contributed by atoms with E-state index in [4.69, 9.17) is 4.74 Å². The van der Waals surface area contributed by atoms with Gasteiger partial charge in [0, 0.05) is 6.42 Å². The van der Waals surface area contributed by atoms with E-state index >= 15 is 0 Å². The first kappa shape index (κ1) is 17.4. The molecule has 0 aromatic heterocycles. The molecule has 1 fully saturated rings. The van der Waals surface area contributed by atoms with Crippen molar-refractivity contribution >= 4 is 5.97 Å². The quantitative estimate of drug-likeness (QED) is 0.478. The minimum absolute atomic E-state index is 0.217. The van der Waals surface area contributed by atoms with Gasteiger partial charge in [-0.2, -0.15) is 0 Å². The molecule has 20 heavy (non-hydrogen) atoms. The van der Waals surface area contributed by atoms with Gasteiger partial charge in [0.25, 0.3) is 0 Å². The molecule has 1 rings (SSSR count). The van der Waals surface area contributed by atoms with Crippen LogP contribution in [-0.4, -0.2) is 34.5 Å². The molecule has 0 amide bonds. The van der Waals surface area contributed by atoms with Crippen molar-refractivity contribution in [1.82, 2.24) is 0 Å². The van der Waals surface area contributed by atoms with E-state index < -0.39 is 18.2 Å². The normalized spacial score (nSPS) is 26.6. The van der Waals surface area contributed by atoms with Crippen molar-refractivity contribution in [2.45, 2.75) is 95.9 Å². The highest BCUT2D eigenvalue weighted by molar-refractivity contribution is 5.76. The zero-order valence-corrected chi connectivity index (χ0v) is 12.7. The summed E-state index contributed by atoms with van der Waals surface area (Å²) in [5.41, 5.74) is 0. The molecule has 3 atom stereocenters. The Morgan fingerprint density at radius 1 is 1.00 bits per heavy atom. The number of unbranched alkanes of at least 4 members (excludes halogenated alkanes) is 8. The van der Waals surface area contributed by atoms with Crippen LogP contribution < -0.4 is 0 Å². The van der Waals surface area contributed by atoms with E-state index in [2.05, 4.69) is 6.92 Å². The molecule has 2 N–H and O–H groups in total. The van der Waals surface area contributed by atoms with Crippen LogP contribution in [0.25, 0.3) is 0 Å². The maximum absolute atomic E-state index is 11.2. The highest BCUT2D eigenvalue weighted by atomic mass is 16.6. The predicted molar refractivity (Wildman–Crippen MR) is 78.4 cm³/mol. The van der Waals surface area contributed by atoms with E-state index in [1.54, 1.807) is 0 Å². The Balaban J connectivity index is 1.95. The van der Waals surface area contributed by atoms with Crippen molar-refractivity contribution in [3.63, 3.8) is 0 Å². The van der Waals surface area contributed by atoms with E-state index in [-0.39, 0.29) is 6.10 Å². The van der Waals surface area contributed by atoms with Gasteiger partial charge in [0.2, 0.25) is 0 Å². The van der Waals surface area contributed by atoms with E-state index in [1.165, 1.54) is 44.9 Å². The Kier molecular flexibility index (Phi) is 8.86. The monoisotopic (exact) mass is 286 g/mol. The molecule has 0 aliphatic carbocycles. The maximum atomic E-state index is 11.2. The van der Waals surface area contributed by atoms with Gasteiger partial charge in [-0.1, -0.05) is 58.3 Å². The number of aliphatic hydroxyl groups excluding tert-OH is 2. The van der Waals surface area contributed by atoms with Crippen molar-refractivity contribution in [2.24, 2.45) is 0 Å². The van der Waals surface area contributed by atoms with E-state index in [9.17, 15) is 15.0 Å². The van der Waals surface area contributed by atoms with Gasteiger partial charge in [0.1, 0.15) is 6.10 Å². The third-order valence-corrected chi connectivity index (χ3v) is 4.02. The van der Waals surface area contributed by atoms with Crippen molar-refractivity contribution < 1.29 is 19.7 Å². The van der Waals surface area contributed by atoms with E-state index in [0.29, 0.717) is 6.42 Å². The van der Waals surface area contributed by atoms with E-state index in [1.807, 2.05) is 0 Å². The average molecular weight is 286 g/mol. The lowest BCUT2D eigenvalue weighted by Crippen LogP contribution is -2.45. The van der Waals surface area contributed by atoms with Gasteiger partial charge >= 0.3 is 5.97 Å². The van der Waals surface area contributed by atoms with Crippen LogP contribution in [0.15, 0.2) is 0 Å². The summed E-state index contributed by atoms with van der Waals surface area (Å²) < 4.78 is 5.09. The number of hydrogen-bond donors (Lipinski definition) is 2. The number of rotatable bonds is 10. The topological polar surface area (TPSA) is 66.8 Å². The number of carbonyl (C=O) groups excluding carboxylic acids is 1. The van der Waals surface area contributed by atoms with E-state index in [0.717, 1.165) is 19.3 Å². The lowest BCUT2D eigenvalue weighted by atomic mass is 9.98. The minimum atomic E-state index is -1.35. The van der Waals surface area contributed by atoms with Crippen LogP contribution >= 0.6 is 0 Å². The second kappa shape index (κ2) is 10.2. The third-order valence-electron chi connectivity index (χ3n) is 4.02. The van der Waals surface area contributed by atoms with Crippen molar-refractivity contribution in [3.05, 3.63) is 0 Å². The zero-order valence-electron chi connectivity index (χ0n) is 12.7. The Hall–Kier alpha value is -0.610. The smallest absolute Gasteiger partial charge is 0.337 e. The third kappa shape index (κ3) is 6.71. The van der Waals surface area contributed by atoms with Gasteiger partial charge < -0.3 is 14.9 Å². The van der Waals surface area contributed by atoms with Crippen molar-refractivity contribution in [2.75, 3.05) is 0 Å². The lowest BCUT2D eigenvalue weighted by molar-refractivity contribution is -0.179. The zero-order chi connectivity index (χ0) is 14.8. The molecule has 0 saturated carbocycles. The molecule has 0 bridgehead atoms. The van der Waals surface area contributed by atoms with Crippen molar-refractivity contribution in [3.8, 4) is 0 Å². The summed E-state index contributed by atoms with van der Waals surface area (Å²) in [7, 11) is 0. The Bertz CT molecular complexity index is 267. The Labute approximate surface area is 122 Å². The summed E-state index contributed by atoms with van der Waals surface area (Å²) in [6, 6.07) is 0. The Morgan fingerprint density at radius 3 is 2.10 bits per heavy atom. The molecule has 1 aliphatic heterocycles. The standard InChI is InChI=1S/C16H30O4/c1-2-3-4-5-6-7-8-9-10-11-13-12-14(17)15(18)16(19)20-13/h13-15,17-18H,2-12H2,1H3/t13-,14+,15-/m0/s1. The molecule has 0 aromatic rings. The average Bonchev–Trinajstić information content (AvgIpc) is 2.43. The highest BCUT2D eigenvalue weighted by Crippen LogP contribution is 2.21. The molecular formula is C16H30O4. The molecule has 0 unspecified atom stereocenters. The molecule has 0 radical (unpaired) electrons. The first-order chi connectivity index (χ1) is 9.65. The fourth-order valence-electron chi connectivity index (χ4n) is 2.70. The SMILES string of the molecule is CCCCCCCCCCC[C@H]1C[C@@H](O)[C@H](O)C(=O)O1. The molecule has 0 spiro atoms. The summed E-state index contributed by atoms with van der Waals surface area (Å²) >= 11 is 0. The van der Waals surface area contributed by atoms with Gasteiger partial charge in [-0.3, -0.25) is 0 Å². The van der Waals surface area contributed by atoms with Gasteiger partial charge in [-0.25, -0.2) is 4.79 Å². The number of carbonyl (C=O) groups is 1. The summed E-state index contributed by atoms with van der Waals surface area (Å²) in [5, 5.41) is 18.8. The van der Waals surface area contributed by atoms with Gasteiger partial charge in [-0.05, 0) is 12.8 Å². The largest absolute Gasteiger partial charge is 0.460 e. The fraction of sp³-hybridized carbons (Fsp3) is 0.938. The minimum Gasteiger partial charge on any atom is -0.460 e. The van der Waals surface area contributed by atoms with Crippen molar-refractivity contribution in [1.29, 1.82) is 0 Å². The number of hydrogen-bond acceptors (Lipinski definition) is 4. The molecular weight excluding hydrogens is 256 g/mol. The van der Waals surface area contributed by atoms with Crippen LogP contribution in [0.4, 0.5) is 0 Å². The summed E-state index contributed by atoms with van der Waals surface area (Å²) in [6.45, 7) is 2.23. The number of cyclic esters (lactones) is 1. The summed E-state index contributed by atoms with van der Waals surface area (Å²) in [5.74, 6) is -0.676. The molecule has 4 nitrogen and oxygen atoms in total. The molecule has 118 valence electrons. The summed E-state index contributed by atoms with van der Waals surface area (Å²) in [6.07, 6.45) is 10.00.